The predicted molar refractivity (Wildman–Crippen MR) is 77.4 cm³/mol. The summed E-state index contributed by atoms with van der Waals surface area (Å²) < 4.78 is 16.5. The average Bonchev–Trinajstić information content (AvgIpc) is 2.95. The number of carbonyl (C=O) groups excluding carboxylic acids is 2. The van der Waals surface area contributed by atoms with Crippen LogP contribution in [0.5, 0.6) is 17.2 Å². The summed E-state index contributed by atoms with van der Waals surface area (Å²) in [4.78, 5) is 27.3. The van der Waals surface area contributed by atoms with E-state index in [1.54, 1.807) is 26.0 Å². The second-order valence-corrected chi connectivity index (χ2v) is 5.53. The molecule has 2 aliphatic rings. The first-order chi connectivity index (χ1) is 10.5. The van der Waals surface area contributed by atoms with Gasteiger partial charge in [-0.25, -0.2) is 0 Å². The van der Waals surface area contributed by atoms with Crippen LogP contribution in [0, 0.1) is 0 Å². The zero-order chi connectivity index (χ0) is 15.9. The summed E-state index contributed by atoms with van der Waals surface area (Å²) in [7, 11) is 5.04. The van der Waals surface area contributed by atoms with E-state index in [9.17, 15) is 9.59 Å². The molecule has 7 nitrogen and oxygen atoms in total. The number of likely N-dealkylation sites (N-methyl/N-ethyl adjacent to an activating group) is 2. The van der Waals surface area contributed by atoms with Crippen molar-refractivity contribution in [2.75, 3.05) is 41.1 Å². The first kappa shape index (κ1) is 14.5. The molecule has 1 aromatic rings. The van der Waals surface area contributed by atoms with E-state index in [1.165, 1.54) is 4.90 Å². The highest BCUT2D eigenvalue weighted by molar-refractivity contribution is 6.01. The molecule has 0 aliphatic carbocycles. The number of amides is 2. The second kappa shape index (κ2) is 5.40. The molecule has 3 rings (SSSR count). The minimum atomic E-state index is -0.193. The highest BCUT2D eigenvalue weighted by atomic mass is 16.7. The Morgan fingerprint density at radius 1 is 1.41 bits per heavy atom. The third-order valence-corrected chi connectivity index (χ3v) is 3.82. The molecule has 0 bridgehead atoms. The molecule has 1 aromatic carbocycles. The molecular weight excluding hydrogens is 288 g/mol. The number of hydrogen-bond acceptors (Lipinski definition) is 5. The lowest BCUT2D eigenvalue weighted by Crippen LogP contribution is -2.35. The molecule has 0 N–H and O–H groups in total. The van der Waals surface area contributed by atoms with Crippen LogP contribution in [0.2, 0.25) is 0 Å². The molecule has 2 heterocycles. The van der Waals surface area contributed by atoms with E-state index in [4.69, 9.17) is 14.2 Å². The van der Waals surface area contributed by atoms with Gasteiger partial charge in [-0.05, 0) is 18.1 Å². The van der Waals surface area contributed by atoms with Gasteiger partial charge in [0, 0.05) is 27.7 Å². The molecule has 7 heteroatoms. The lowest BCUT2D eigenvalue weighted by molar-refractivity contribution is -0.130. The lowest BCUT2D eigenvalue weighted by atomic mass is 9.97. The van der Waals surface area contributed by atoms with Crippen LogP contribution >= 0.6 is 0 Å². The van der Waals surface area contributed by atoms with E-state index in [2.05, 4.69) is 0 Å². The Kier molecular flexibility index (Phi) is 3.56. The molecule has 0 atom stereocenters. The van der Waals surface area contributed by atoms with Crippen LogP contribution in [0.15, 0.2) is 6.07 Å². The van der Waals surface area contributed by atoms with Gasteiger partial charge in [0.2, 0.25) is 12.5 Å². The molecule has 0 saturated carbocycles. The fraction of sp³-hybridized carbons (Fsp3) is 0.467. The average molecular weight is 306 g/mol. The van der Waals surface area contributed by atoms with Gasteiger partial charge in [0.1, 0.15) is 0 Å². The van der Waals surface area contributed by atoms with Crippen molar-refractivity contribution in [2.24, 2.45) is 0 Å². The molecular formula is C15H18N2O5. The van der Waals surface area contributed by atoms with E-state index in [0.717, 1.165) is 5.56 Å². The Morgan fingerprint density at radius 2 is 2.18 bits per heavy atom. The Morgan fingerprint density at radius 3 is 2.91 bits per heavy atom. The zero-order valence-electron chi connectivity index (χ0n) is 12.8. The van der Waals surface area contributed by atoms with E-state index in [0.29, 0.717) is 35.8 Å². The van der Waals surface area contributed by atoms with Gasteiger partial charge in [-0.3, -0.25) is 9.59 Å². The van der Waals surface area contributed by atoms with E-state index < -0.39 is 0 Å². The standard InChI is InChI=1S/C15H18N2O5/c1-16(2)11(18)7-20-14-12-9(4-5-17(3)15(12)19)6-10-13(14)22-8-21-10/h6H,4-5,7-8H2,1-3H3. The van der Waals surface area contributed by atoms with Gasteiger partial charge in [-0.2, -0.15) is 0 Å². The smallest absolute Gasteiger partial charge is 0.259 e. The molecule has 0 saturated heterocycles. The number of benzene rings is 1. The molecule has 0 unspecified atom stereocenters. The summed E-state index contributed by atoms with van der Waals surface area (Å²) in [6.07, 6.45) is 0.714. The first-order valence-corrected chi connectivity index (χ1v) is 7.03. The molecule has 0 aromatic heterocycles. The maximum absolute atomic E-state index is 12.5. The summed E-state index contributed by atoms with van der Waals surface area (Å²) in [5, 5.41) is 0. The molecule has 0 fully saturated rings. The number of nitrogens with zero attached hydrogens (tertiary/aromatic N) is 2. The third-order valence-electron chi connectivity index (χ3n) is 3.82. The predicted octanol–water partition coefficient (Wildman–Crippen LogP) is 0.510. The lowest BCUT2D eigenvalue weighted by Gasteiger charge is -2.27. The number of hydrogen-bond donors (Lipinski definition) is 0. The fourth-order valence-corrected chi connectivity index (χ4v) is 2.48. The quantitative estimate of drug-likeness (QED) is 0.814. The summed E-state index contributed by atoms with van der Waals surface area (Å²) >= 11 is 0. The van der Waals surface area contributed by atoms with Crippen molar-refractivity contribution in [1.29, 1.82) is 0 Å². The highest BCUT2D eigenvalue weighted by Crippen LogP contribution is 2.46. The van der Waals surface area contributed by atoms with Crippen LogP contribution in [0.1, 0.15) is 15.9 Å². The summed E-state index contributed by atoms with van der Waals surface area (Å²) in [6.45, 7) is 0.567. The SMILES string of the molecule is CN(C)C(=O)COc1c2c(cc3c1C(=O)N(C)CC3)OCO2. The van der Waals surface area contributed by atoms with Crippen LogP contribution < -0.4 is 14.2 Å². The number of ether oxygens (including phenoxy) is 3. The minimum Gasteiger partial charge on any atom is -0.479 e. The largest absolute Gasteiger partial charge is 0.479 e. The first-order valence-electron chi connectivity index (χ1n) is 7.03. The van der Waals surface area contributed by atoms with Crippen molar-refractivity contribution < 1.29 is 23.8 Å². The number of fused-ring (bicyclic) bond motifs is 2. The Balaban J connectivity index is 2.01. The molecule has 0 spiro atoms. The van der Waals surface area contributed by atoms with E-state index in [1.807, 2.05) is 6.07 Å². The van der Waals surface area contributed by atoms with Crippen LogP contribution in [0.4, 0.5) is 0 Å². The summed E-state index contributed by atoms with van der Waals surface area (Å²) in [5.74, 6) is 0.933. The van der Waals surface area contributed by atoms with Gasteiger partial charge >= 0.3 is 0 Å². The second-order valence-electron chi connectivity index (χ2n) is 5.53. The topological polar surface area (TPSA) is 68.3 Å². The molecule has 0 radical (unpaired) electrons. The number of carbonyl (C=O) groups is 2. The molecule has 22 heavy (non-hydrogen) atoms. The fourth-order valence-electron chi connectivity index (χ4n) is 2.48. The minimum absolute atomic E-state index is 0.0836. The van der Waals surface area contributed by atoms with Gasteiger partial charge < -0.3 is 24.0 Å². The van der Waals surface area contributed by atoms with Gasteiger partial charge in [0.05, 0.1) is 5.56 Å². The maximum Gasteiger partial charge on any atom is 0.259 e. The molecule has 2 amide bonds. The van der Waals surface area contributed by atoms with Gasteiger partial charge in [0.25, 0.3) is 11.8 Å². The van der Waals surface area contributed by atoms with Crippen molar-refractivity contribution in [3.05, 3.63) is 17.2 Å². The Bertz CT molecular complexity index is 641. The summed E-state index contributed by atoms with van der Waals surface area (Å²) in [6, 6.07) is 1.82. The highest BCUT2D eigenvalue weighted by Gasteiger charge is 2.33. The third kappa shape index (κ3) is 2.32. The van der Waals surface area contributed by atoms with Gasteiger partial charge in [-0.15, -0.1) is 0 Å². The monoisotopic (exact) mass is 306 g/mol. The van der Waals surface area contributed by atoms with Crippen LogP contribution in [0.25, 0.3) is 0 Å². The summed E-state index contributed by atoms with van der Waals surface area (Å²) in [5.41, 5.74) is 1.32. The van der Waals surface area contributed by atoms with Crippen molar-refractivity contribution in [3.8, 4) is 17.2 Å². The maximum atomic E-state index is 12.5. The molecule has 118 valence electrons. The van der Waals surface area contributed by atoms with E-state index in [-0.39, 0.29) is 25.2 Å². The zero-order valence-corrected chi connectivity index (χ0v) is 12.8. The van der Waals surface area contributed by atoms with Crippen molar-refractivity contribution >= 4 is 11.8 Å². The van der Waals surface area contributed by atoms with Gasteiger partial charge in [-0.1, -0.05) is 0 Å². The van der Waals surface area contributed by atoms with Crippen LogP contribution in [-0.2, 0) is 11.2 Å². The van der Waals surface area contributed by atoms with Crippen molar-refractivity contribution in [1.82, 2.24) is 9.80 Å². The molecule has 2 aliphatic heterocycles. The van der Waals surface area contributed by atoms with Crippen LogP contribution in [-0.4, -0.2) is 62.7 Å². The van der Waals surface area contributed by atoms with E-state index >= 15 is 0 Å². The normalized spacial score (nSPS) is 15.6. The Labute approximate surface area is 128 Å². The van der Waals surface area contributed by atoms with Crippen molar-refractivity contribution in [2.45, 2.75) is 6.42 Å². The van der Waals surface area contributed by atoms with Crippen LogP contribution in [0.3, 0.4) is 0 Å². The van der Waals surface area contributed by atoms with Crippen molar-refractivity contribution in [3.63, 3.8) is 0 Å². The Hall–Kier alpha value is -2.44. The number of rotatable bonds is 3. The van der Waals surface area contributed by atoms with Gasteiger partial charge in [0.15, 0.2) is 18.1 Å².